The van der Waals surface area contributed by atoms with Crippen LogP contribution in [0, 0.1) is 11.6 Å². The zero-order valence-electron chi connectivity index (χ0n) is 26.2. The number of pyridine rings is 2. The number of halogens is 3. The predicted molar refractivity (Wildman–Crippen MR) is 204 cm³/mol. The number of hydrogen-bond donors (Lipinski definition) is 1. The van der Waals surface area contributed by atoms with Crippen molar-refractivity contribution in [3.8, 4) is 28.7 Å². The van der Waals surface area contributed by atoms with Gasteiger partial charge >= 0.3 is 0 Å². The maximum atomic E-state index is 13.8. The van der Waals surface area contributed by atoms with Gasteiger partial charge in [-0.3, -0.25) is 14.2 Å². The van der Waals surface area contributed by atoms with Gasteiger partial charge in [-0.25, -0.2) is 8.78 Å². The van der Waals surface area contributed by atoms with Gasteiger partial charge in [-0.1, -0.05) is 75.5 Å². The molecule has 0 bridgehead atoms. The van der Waals surface area contributed by atoms with Gasteiger partial charge in [0.25, 0.3) is 11.1 Å². The largest absolute Gasteiger partial charge is 0.490 e. The van der Waals surface area contributed by atoms with Crippen molar-refractivity contribution in [2.75, 3.05) is 26.4 Å². The van der Waals surface area contributed by atoms with Crippen LogP contribution in [0.2, 0.25) is 0 Å². The molecular weight excluding hydrogens is 722 g/mol. The summed E-state index contributed by atoms with van der Waals surface area (Å²) in [7, 11) is 0. The molecule has 8 nitrogen and oxygen atoms in total. The third kappa shape index (κ3) is 14.8. The van der Waals surface area contributed by atoms with E-state index < -0.39 is 5.82 Å². The summed E-state index contributed by atoms with van der Waals surface area (Å²) in [6.45, 7) is 1.51. The van der Waals surface area contributed by atoms with Crippen LogP contribution in [0.5, 0.6) is 23.0 Å². The van der Waals surface area contributed by atoms with E-state index in [1.54, 1.807) is 54.7 Å². The zero-order valence-corrected chi connectivity index (χ0v) is 27.8. The van der Waals surface area contributed by atoms with Crippen molar-refractivity contribution in [2.45, 2.75) is 14.9 Å². The lowest BCUT2D eigenvalue weighted by atomic mass is 10.3. The topological polar surface area (TPSA) is 91.8 Å². The minimum absolute atomic E-state index is 0. The highest BCUT2D eigenvalue weighted by Gasteiger charge is 2.06. The van der Waals surface area contributed by atoms with Crippen LogP contribution in [-0.2, 0) is 0 Å². The lowest BCUT2D eigenvalue weighted by molar-refractivity contribution is 0.217. The van der Waals surface area contributed by atoms with E-state index in [1.807, 2.05) is 60.7 Å². The fourth-order valence-electron chi connectivity index (χ4n) is 4.02. The highest BCUT2D eigenvalue weighted by molar-refractivity contribution is 9.10. The minimum atomic E-state index is -0.454. The van der Waals surface area contributed by atoms with Crippen molar-refractivity contribution in [3.63, 3.8) is 0 Å². The molecule has 1 N–H and O–H groups in total. The van der Waals surface area contributed by atoms with Crippen LogP contribution in [0.25, 0.3) is 5.69 Å². The first-order chi connectivity index (χ1) is 23.9. The molecule has 4 aromatic carbocycles. The van der Waals surface area contributed by atoms with Gasteiger partial charge < -0.3 is 23.9 Å². The van der Waals surface area contributed by atoms with Crippen molar-refractivity contribution in [2.24, 2.45) is 0 Å². The van der Waals surface area contributed by atoms with Gasteiger partial charge in [0.2, 0.25) is 0 Å². The van der Waals surface area contributed by atoms with E-state index in [0.717, 1.165) is 11.5 Å². The van der Waals surface area contributed by atoms with Gasteiger partial charge in [0.05, 0.1) is 10.2 Å². The summed E-state index contributed by atoms with van der Waals surface area (Å²) >= 11 is 3.02. The van der Waals surface area contributed by atoms with E-state index in [9.17, 15) is 18.4 Å². The number of hydrogen-bond acceptors (Lipinski definition) is 6. The Morgan fingerprint density at radius 3 is 1.51 bits per heavy atom. The second-order valence-electron chi connectivity index (χ2n) is 9.84. The molecular formula is C40H43BrF2N2O6. The molecule has 0 aliphatic heterocycles. The van der Waals surface area contributed by atoms with Crippen molar-refractivity contribution >= 4 is 15.9 Å². The molecule has 0 amide bonds. The van der Waals surface area contributed by atoms with Crippen molar-refractivity contribution in [1.82, 2.24) is 9.55 Å². The van der Waals surface area contributed by atoms with Gasteiger partial charge in [0, 0.05) is 26.0 Å². The first kappa shape index (κ1) is 41.5. The third-order valence-corrected chi connectivity index (χ3v) is 6.95. The highest BCUT2D eigenvalue weighted by atomic mass is 79.9. The number of para-hydroxylation sites is 3. The van der Waals surface area contributed by atoms with Crippen LogP contribution in [0.4, 0.5) is 8.78 Å². The molecule has 51 heavy (non-hydrogen) atoms. The Morgan fingerprint density at radius 2 is 1.04 bits per heavy atom. The molecule has 0 unspecified atom stereocenters. The van der Waals surface area contributed by atoms with Crippen molar-refractivity contribution in [1.29, 1.82) is 0 Å². The molecule has 0 radical (unpaired) electrons. The summed E-state index contributed by atoms with van der Waals surface area (Å²) in [4.78, 5) is 25.6. The summed E-state index contributed by atoms with van der Waals surface area (Å²) in [5, 5.41) is 0. The average Bonchev–Trinajstić information content (AvgIpc) is 3.12. The Kier molecular flexibility index (Phi) is 18.6. The van der Waals surface area contributed by atoms with Gasteiger partial charge in [-0.05, 0) is 76.6 Å². The van der Waals surface area contributed by atoms with Gasteiger partial charge in [0.1, 0.15) is 61.1 Å². The summed E-state index contributed by atoms with van der Waals surface area (Å²) < 4.78 is 49.6. The number of benzene rings is 4. The molecule has 0 saturated heterocycles. The molecule has 0 atom stereocenters. The van der Waals surface area contributed by atoms with Crippen LogP contribution in [0.15, 0.2) is 160 Å². The van der Waals surface area contributed by atoms with E-state index >= 15 is 0 Å². The number of nitrogens with zero attached hydrogens (tertiary/aromatic N) is 1. The molecule has 6 aromatic rings. The van der Waals surface area contributed by atoms with E-state index in [0.29, 0.717) is 42.4 Å². The Morgan fingerprint density at radius 1 is 0.569 bits per heavy atom. The van der Waals surface area contributed by atoms with Gasteiger partial charge in [-0.2, -0.15) is 0 Å². The zero-order chi connectivity index (χ0) is 34.7. The quantitative estimate of drug-likeness (QED) is 0.132. The van der Waals surface area contributed by atoms with Crippen LogP contribution in [-0.4, -0.2) is 36.0 Å². The Balaban J connectivity index is 0.000000422. The van der Waals surface area contributed by atoms with E-state index in [-0.39, 0.29) is 38.9 Å². The van der Waals surface area contributed by atoms with Gasteiger partial charge in [-0.15, -0.1) is 0 Å². The van der Waals surface area contributed by atoms with Crippen LogP contribution in [0.1, 0.15) is 16.3 Å². The van der Waals surface area contributed by atoms with Gasteiger partial charge in [0.15, 0.2) is 0 Å². The number of H-pyrrole nitrogens is 1. The second kappa shape index (κ2) is 22.9. The normalized spacial score (nSPS) is 9.63. The number of aromatic nitrogens is 2. The predicted octanol–water partition coefficient (Wildman–Crippen LogP) is 9.37. The van der Waals surface area contributed by atoms with Crippen LogP contribution >= 0.6 is 15.9 Å². The second-order valence-corrected chi connectivity index (χ2v) is 10.7. The lowest BCUT2D eigenvalue weighted by Crippen LogP contribution is -2.18. The summed E-state index contributed by atoms with van der Waals surface area (Å²) in [6, 6.07) is 37.6. The fourth-order valence-corrected chi connectivity index (χ4v) is 4.31. The molecule has 270 valence electrons. The summed E-state index contributed by atoms with van der Waals surface area (Å²) in [5.41, 5.74) is -0.325. The van der Waals surface area contributed by atoms with Crippen LogP contribution < -0.4 is 30.1 Å². The molecule has 2 aromatic heterocycles. The summed E-state index contributed by atoms with van der Waals surface area (Å²) in [6.07, 6.45) is 3.05. The number of rotatable bonds is 11. The van der Waals surface area contributed by atoms with Crippen LogP contribution in [0.3, 0.4) is 0 Å². The molecule has 0 aliphatic rings. The first-order valence-corrected chi connectivity index (χ1v) is 15.9. The summed E-state index contributed by atoms with van der Waals surface area (Å²) in [5.74, 6) is 1.87. The molecule has 0 fully saturated rings. The van der Waals surface area contributed by atoms with E-state index in [1.165, 1.54) is 35.0 Å². The molecule has 11 heteroatoms. The maximum Gasteiger partial charge on any atom is 0.258 e. The molecule has 0 spiro atoms. The van der Waals surface area contributed by atoms with E-state index in [4.69, 9.17) is 18.9 Å². The molecule has 6 rings (SSSR count). The first-order valence-electron chi connectivity index (χ1n) is 15.1. The van der Waals surface area contributed by atoms with E-state index in [2.05, 4.69) is 20.9 Å². The minimum Gasteiger partial charge on any atom is -0.490 e. The Hall–Kier alpha value is -5.68. The SMILES string of the molecule is C.C.Fc1ccccc1Br.O=c1cc(OCCOc2ccccc2)cc[nH]1.O=c1cc(OCCOc2ccccc2)ccn1-c1ccccc1F.[HH]. The third-order valence-electron chi connectivity index (χ3n) is 6.30. The number of aromatic amines is 1. The molecule has 0 saturated carbocycles. The average molecular weight is 766 g/mol. The maximum absolute atomic E-state index is 13.8. The van der Waals surface area contributed by atoms with Crippen molar-refractivity contribution in [3.05, 3.63) is 183 Å². The molecule has 2 heterocycles. The lowest BCUT2D eigenvalue weighted by Gasteiger charge is -2.10. The molecule has 0 aliphatic carbocycles. The Labute approximate surface area is 306 Å². The smallest absolute Gasteiger partial charge is 0.258 e. The standard InChI is InChI=1S/C19H16FNO3.C13H13NO3.C6H4BrF.2CH4.H2/c20-17-8-4-5-9-18(17)21-11-10-16(14-19(21)22)24-13-12-23-15-6-2-1-3-7-15;15-13-10-12(6-7-14-13)17-9-8-16-11-4-2-1-3-5-11;7-5-3-1-2-4-6(5)8;;;/h1-11,14H,12-13H2;1-7,10H,8-9H2,(H,14,15);1-4H;2*1H4;1H. The monoisotopic (exact) mass is 764 g/mol. The fraction of sp³-hybridized carbons (Fsp3) is 0.150. The number of ether oxygens (including phenoxy) is 4. The highest BCUT2D eigenvalue weighted by Crippen LogP contribution is 2.14. The Bertz CT molecular complexity index is 1960. The van der Waals surface area contributed by atoms with Crippen molar-refractivity contribution < 1.29 is 29.2 Å². The number of nitrogens with one attached hydrogen (secondary N) is 1.